The zero-order valence-electron chi connectivity index (χ0n) is 16.2. The molecule has 0 unspecified atom stereocenters. The van der Waals surface area contributed by atoms with Gasteiger partial charge >= 0.3 is 5.69 Å². The Morgan fingerprint density at radius 2 is 1.86 bits per heavy atom. The van der Waals surface area contributed by atoms with E-state index in [1.54, 1.807) is 15.3 Å². The Hall–Kier alpha value is -2.93. The summed E-state index contributed by atoms with van der Waals surface area (Å²) in [5.41, 5.74) is 3.97. The van der Waals surface area contributed by atoms with E-state index in [2.05, 4.69) is 4.98 Å². The second-order valence-corrected chi connectivity index (χ2v) is 7.74. The largest absolute Gasteiger partial charge is 0.329 e. The van der Waals surface area contributed by atoms with Crippen molar-refractivity contribution in [1.82, 2.24) is 18.7 Å². The molecule has 4 rings (SSSR count). The van der Waals surface area contributed by atoms with Crippen LogP contribution >= 0.6 is 11.3 Å². The Kier molecular flexibility index (Phi) is 4.77. The average molecular weight is 395 g/mol. The minimum atomic E-state index is -0.134. The van der Waals surface area contributed by atoms with E-state index in [0.717, 1.165) is 34.0 Å². The third kappa shape index (κ3) is 2.92. The standard InChI is InChI=1S/C21H22N4O2S/c1-4-10-23-17-7-5-6-8-18(17)24(21(23)27)13-19(26)16-12-14(2)25(15(16)3)20-22-9-11-28-20/h5-9,11-12H,4,10,13H2,1-3H3. The van der Waals surface area contributed by atoms with E-state index >= 15 is 0 Å². The molecule has 0 saturated heterocycles. The zero-order valence-corrected chi connectivity index (χ0v) is 17.0. The first-order valence-corrected chi connectivity index (χ1v) is 10.2. The molecule has 0 saturated carbocycles. The van der Waals surface area contributed by atoms with Crippen molar-refractivity contribution in [3.63, 3.8) is 0 Å². The molecule has 1 aromatic carbocycles. The van der Waals surface area contributed by atoms with E-state index in [4.69, 9.17) is 0 Å². The predicted molar refractivity (Wildman–Crippen MR) is 112 cm³/mol. The number of hydrogen-bond acceptors (Lipinski definition) is 4. The molecule has 0 aliphatic rings. The topological polar surface area (TPSA) is 61.8 Å². The first-order chi connectivity index (χ1) is 13.5. The van der Waals surface area contributed by atoms with Crippen LogP contribution in [-0.2, 0) is 13.1 Å². The number of imidazole rings is 1. The van der Waals surface area contributed by atoms with Gasteiger partial charge in [0.2, 0.25) is 0 Å². The van der Waals surface area contributed by atoms with Gasteiger partial charge in [-0.2, -0.15) is 0 Å². The molecule has 0 spiro atoms. The van der Waals surface area contributed by atoms with Gasteiger partial charge in [0.25, 0.3) is 0 Å². The van der Waals surface area contributed by atoms with Gasteiger partial charge in [-0.15, -0.1) is 11.3 Å². The average Bonchev–Trinajstić information content (AvgIpc) is 3.36. The van der Waals surface area contributed by atoms with Gasteiger partial charge in [0.05, 0.1) is 17.6 Å². The third-order valence-electron chi connectivity index (χ3n) is 5.02. The molecule has 0 fully saturated rings. The molecule has 0 amide bonds. The zero-order chi connectivity index (χ0) is 19.8. The maximum Gasteiger partial charge on any atom is 0.329 e. The number of aryl methyl sites for hydroxylation is 2. The van der Waals surface area contributed by atoms with Crippen molar-refractivity contribution in [3.05, 3.63) is 69.3 Å². The Morgan fingerprint density at radius 3 is 2.50 bits per heavy atom. The Bertz CT molecular complexity index is 1210. The van der Waals surface area contributed by atoms with E-state index < -0.39 is 0 Å². The quantitative estimate of drug-likeness (QED) is 0.465. The number of nitrogens with zero attached hydrogens (tertiary/aromatic N) is 4. The number of ketones is 1. The van der Waals surface area contributed by atoms with Crippen LogP contribution in [0, 0.1) is 13.8 Å². The molecule has 6 nitrogen and oxygen atoms in total. The van der Waals surface area contributed by atoms with Crippen molar-refractivity contribution in [2.75, 3.05) is 0 Å². The van der Waals surface area contributed by atoms with Gasteiger partial charge in [0.1, 0.15) is 0 Å². The fourth-order valence-electron chi connectivity index (χ4n) is 3.76. The number of carbonyl (C=O) groups excluding carboxylic acids is 1. The van der Waals surface area contributed by atoms with Crippen LogP contribution in [-0.4, -0.2) is 24.5 Å². The highest BCUT2D eigenvalue weighted by Crippen LogP contribution is 2.23. The summed E-state index contributed by atoms with van der Waals surface area (Å²) in [6, 6.07) is 9.53. The van der Waals surface area contributed by atoms with E-state index in [9.17, 15) is 9.59 Å². The van der Waals surface area contributed by atoms with Crippen LogP contribution < -0.4 is 5.69 Å². The first kappa shape index (κ1) is 18.4. The number of hydrogen-bond donors (Lipinski definition) is 0. The number of aromatic nitrogens is 4. The second kappa shape index (κ2) is 7.24. The lowest BCUT2D eigenvalue weighted by molar-refractivity contribution is 0.0971. The normalized spacial score (nSPS) is 11.4. The number of para-hydroxylation sites is 2. The SMILES string of the molecule is CCCn1c(=O)n(CC(=O)c2cc(C)n(-c3nccs3)c2C)c2ccccc21. The minimum absolute atomic E-state index is 0.0260. The fraction of sp³-hybridized carbons (Fsp3) is 0.286. The van der Waals surface area contributed by atoms with Gasteiger partial charge < -0.3 is 0 Å². The summed E-state index contributed by atoms with van der Waals surface area (Å²) in [7, 11) is 0. The summed E-state index contributed by atoms with van der Waals surface area (Å²) in [6.07, 6.45) is 2.61. The van der Waals surface area contributed by atoms with Crippen molar-refractivity contribution >= 4 is 28.2 Å². The highest BCUT2D eigenvalue weighted by molar-refractivity contribution is 7.12. The summed E-state index contributed by atoms with van der Waals surface area (Å²) >= 11 is 1.53. The predicted octanol–water partition coefficient (Wildman–Crippen LogP) is 3.96. The lowest BCUT2D eigenvalue weighted by Crippen LogP contribution is -2.27. The highest BCUT2D eigenvalue weighted by Gasteiger charge is 2.20. The van der Waals surface area contributed by atoms with Gasteiger partial charge in [-0.05, 0) is 38.5 Å². The maximum atomic E-state index is 13.1. The van der Waals surface area contributed by atoms with Crippen molar-refractivity contribution in [2.24, 2.45) is 0 Å². The van der Waals surface area contributed by atoms with Crippen LogP contribution in [0.2, 0.25) is 0 Å². The second-order valence-electron chi connectivity index (χ2n) is 6.87. The lowest BCUT2D eigenvalue weighted by Gasteiger charge is -2.06. The Labute approximate surface area is 166 Å². The van der Waals surface area contributed by atoms with Crippen molar-refractivity contribution in [3.8, 4) is 5.13 Å². The number of rotatable bonds is 6. The minimum Gasteiger partial charge on any atom is -0.294 e. The number of carbonyl (C=O) groups is 1. The molecular formula is C21H22N4O2S. The monoisotopic (exact) mass is 394 g/mol. The van der Waals surface area contributed by atoms with E-state index in [1.807, 2.05) is 61.1 Å². The Balaban J connectivity index is 1.75. The van der Waals surface area contributed by atoms with Gasteiger partial charge in [-0.3, -0.25) is 18.5 Å². The van der Waals surface area contributed by atoms with Crippen LogP contribution in [0.4, 0.5) is 0 Å². The van der Waals surface area contributed by atoms with Crippen LogP contribution in [0.1, 0.15) is 35.1 Å². The van der Waals surface area contributed by atoms with Crippen molar-refractivity contribution < 1.29 is 4.79 Å². The molecule has 0 aliphatic heterocycles. The van der Waals surface area contributed by atoms with Crippen LogP contribution in [0.15, 0.2) is 46.7 Å². The summed E-state index contributed by atoms with van der Waals surface area (Å²) in [4.78, 5) is 30.4. The van der Waals surface area contributed by atoms with Crippen LogP contribution in [0.3, 0.4) is 0 Å². The summed E-state index contributed by atoms with van der Waals surface area (Å²) < 4.78 is 5.32. The molecule has 3 aromatic heterocycles. The van der Waals surface area contributed by atoms with Gasteiger partial charge in [0.15, 0.2) is 10.9 Å². The summed E-state index contributed by atoms with van der Waals surface area (Å²) in [5, 5.41) is 2.75. The highest BCUT2D eigenvalue weighted by atomic mass is 32.1. The van der Waals surface area contributed by atoms with Crippen LogP contribution in [0.25, 0.3) is 16.2 Å². The van der Waals surface area contributed by atoms with Crippen molar-refractivity contribution in [1.29, 1.82) is 0 Å². The molecule has 0 bridgehead atoms. The summed E-state index contributed by atoms with van der Waals surface area (Å²) in [5.74, 6) is -0.0718. The first-order valence-electron chi connectivity index (χ1n) is 9.33. The molecule has 0 aliphatic carbocycles. The smallest absolute Gasteiger partial charge is 0.294 e. The third-order valence-corrected chi connectivity index (χ3v) is 5.77. The molecule has 0 atom stereocenters. The molecule has 3 heterocycles. The number of fused-ring (bicyclic) bond motifs is 1. The number of Topliss-reactive ketones (excluding diaryl/α,β-unsaturated/α-hetero) is 1. The fourth-order valence-corrected chi connectivity index (χ4v) is 4.51. The maximum absolute atomic E-state index is 13.1. The number of thiazole rings is 1. The number of benzene rings is 1. The molecule has 4 aromatic rings. The lowest BCUT2D eigenvalue weighted by atomic mass is 10.1. The molecule has 0 N–H and O–H groups in total. The molecule has 144 valence electrons. The van der Waals surface area contributed by atoms with Crippen molar-refractivity contribution in [2.45, 2.75) is 40.3 Å². The molecule has 7 heteroatoms. The molecular weight excluding hydrogens is 372 g/mol. The van der Waals surface area contributed by atoms with E-state index in [1.165, 1.54) is 11.3 Å². The van der Waals surface area contributed by atoms with Gasteiger partial charge in [0, 0.05) is 35.1 Å². The van der Waals surface area contributed by atoms with E-state index in [0.29, 0.717) is 12.1 Å². The summed E-state index contributed by atoms with van der Waals surface area (Å²) in [6.45, 7) is 6.59. The molecule has 0 radical (unpaired) electrons. The van der Waals surface area contributed by atoms with Gasteiger partial charge in [-0.25, -0.2) is 9.78 Å². The van der Waals surface area contributed by atoms with Crippen LogP contribution in [0.5, 0.6) is 0 Å². The molecule has 28 heavy (non-hydrogen) atoms. The van der Waals surface area contributed by atoms with E-state index in [-0.39, 0.29) is 18.0 Å². The Morgan fingerprint density at radius 1 is 1.14 bits per heavy atom. The van der Waals surface area contributed by atoms with Gasteiger partial charge in [-0.1, -0.05) is 19.1 Å².